The molecule has 2 N–H and O–H groups in total. The van der Waals surface area contributed by atoms with Crippen molar-refractivity contribution in [2.45, 2.75) is 124 Å². The van der Waals surface area contributed by atoms with Crippen LogP contribution in [0.4, 0.5) is 5.69 Å². The summed E-state index contributed by atoms with van der Waals surface area (Å²) in [7, 11) is 0. The lowest BCUT2D eigenvalue weighted by Crippen LogP contribution is -2.36. The van der Waals surface area contributed by atoms with E-state index >= 15 is 0 Å². The Labute approximate surface area is 213 Å². The Morgan fingerprint density at radius 1 is 0.857 bits per heavy atom. The molecule has 1 saturated carbocycles. The van der Waals surface area contributed by atoms with Crippen molar-refractivity contribution in [2.24, 2.45) is 11.8 Å². The highest BCUT2D eigenvalue weighted by Crippen LogP contribution is 2.34. The number of aryl methyl sites for hydroxylation is 2. The zero-order chi connectivity index (χ0) is 25.5. The van der Waals surface area contributed by atoms with Crippen LogP contribution < -0.4 is 10.1 Å². The maximum Gasteiger partial charge on any atom is 0.307 e. The van der Waals surface area contributed by atoms with Gasteiger partial charge in [0.1, 0.15) is 5.75 Å². The molecule has 0 aromatic heterocycles. The van der Waals surface area contributed by atoms with Gasteiger partial charge in [0, 0.05) is 0 Å². The fourth-order valence-electron chi connectivity index (χ4n) is 5.32. The third-order valence-corrected chi connectivity index (χ3v) is 7.34. The van der Waals surface area contributed by atoms with Crippen LogP contribution in [0.2, 0.25) is 0 Å². The Morgan fingerprint density at radius 2 is 1.40 bits per heavy atom. The Morgan fingerprint density at radius 3 is 1.97 bits per heavy atom. The molecule has 2 unspecified atom stereocenters. The summed E-state index contributed by atoms with van der Waals surface area (Å²) in [6, 6.07) is 4.00. The summed E-state index contributed by atoms with van der Waals surface area (Å²) in [5, 5.41) is 12.6. The van der Waals surface area contributed by atoms with Gasteiger partial charge in [0.25, 0.3) is 0 Å². The van der Waals surface area contributed by atoms with Gasteiger partial charge in [-0.3, -0.25) is 9.59 Å². The average molecular weight is 488 g/mol. The Balaban J connectivity index is 1.74. The van der Waals surface area contributed by atoms with E-state index < -0.39 is 17.8 Å². The molecule has 1 amide bonds. The second-order valence-electron chi connectivity index (χ2n) is 10.5. The zero-order valence-corrected chi connectivity index (χ0v) is 22.5. The first kappa shape index (κ1) is 29.2. The summed E-state index contributed by atoms with van der Waals surface area (Å²) in [6.45, 7) is 6.89. The van der Waals surface area contributed by atoms with E-state index in [0.29, 0.717) is 25.1 Å². The first-order valence-corrected chi connectivity index (χ1v) is 14.2. The molecule has 1 fully saturated rings. The van der Waals surface area contributed by atoms with Crippen molar-refractivity contribution in [2.75, 3.05) is 11.9 Å². The minimum atomic E-state index is -0.867. The number of aliphatic carboxylic acids is 1. The lowest BCUT2D eigenvalue weighted by molar-refractivity contribution is -0.147. The molecule has 5 nitrogen and oxygen atoms in total. The predicted octanol–water partition coefficient (Wildman–Crippen LogP) is 8.21. The van der Waals surface area contributed by atoms with Gasteiger partial charge in [0.2, 0.25) is 5.91 Å². The number of carbonyl (C=O) groups is 2. The third kappa shape index (κ3) is 10.6. The first-order valence-electron chi connectivity index (χ1n) is 14.2. The maximum atomic E-state index is 13.0. The molecule has 2 atom stereocenters. The van der Waals surface area contributed by atoms with E-state index in [1.165, 1.54) is 64.2 Å². The number of carbonyl (C=O) groups excluding carboxylic acids is 1. The summed E-state index contributed by atoms with van der Waals surface area (Å²) >= 11 is 0. The second-order valence-corrected chi connectivity index (χ2v) is 10.5. The molecular formula is C30H49NO4. The van der Waals surface area contributed by atoms with E-state index in [9.17, 15) is 14.7 Å². The van der Waals surface area contributed by atoms with Crippen LogP contribution in [-0.2, 0) is 9.59 Å². The van der Waals surface area contributed by atoms with Crippen LogP contribution in [0.15, 0.2) is 12.1 Å². The molecule has 0 aliphatic heterocycles. The average Bonchev–Trinajstić information content (AvgIpc) is 2.83. The van der Waals surface area contributed by atoms with Crippen LogP contribution in [0.5, 0.6) is 5.75 Å². The van der Waals surface area contributed by atoms with Crippen molar-refractivity contribution in [3.05, 3.63) is 23.3 Å². The molecule has 1 aromatic rings. The molecular weight excluding hydrogens is 438 g/mol. The Bertz CT molecular complexity index is 776. The topological polar surface area (TPSA) is 75.6 Å². The Hall–Kier alpha value is -2.04. The van der Waals surface area contributed by atoms with E-state index in [1.54, 1.807) is 0 Å². The van der Waals surface area contributed by atoms with E-state index in [1.807, 2.05) is 19.9 Å². The van der Waals surface area contributed by atoms with E-state index in [-0.39, 0.29) is 5.91 Å². The maximum absolute atomic E-state index is 13.0. The van der Waals surface area contributed by atoms with Gasteiger partial charge in [-0.25, -0.2) is 0 Å². The highest BCUT2D eigenvalue weighted by molar-refractivity contribution is 5.96. The van der Waals surface area contributed by atoms with Crippen molar-refractivity contribution in [3.63, 3.8) is 0 Å². The molecule has 1 aromatic carbocycles. The number of carboxylic acid groups (broad SMARTS) is 1. The number of carboxylic acids is 1. The van der Waals surface area contributed by atoms with E-state index in [0.717, 1.165) is 42.6 Å². The number of nitrogens with one attached hydrogen (secondary N) is 1. The molecule has 198 valence electrons. The SMILES string of the molecule is CCCCCCCCCCCCCCOc1c(C)cc(C)cc1NC(=O)C1CCCCC1C(=O)O. The molecule has 2 rings (SSSR count). The number of unbranched alkanes of at least 4 members (excludes halogenated alkanes) is 11. The van der Waals surface area contributed by atoms with Gasteiger partial charge >= 0.3 is 5.97 Å². The lowest BCUT2D eigenvalue weighted by atomic mass is 9.78. The first-order chi connectivity index (χ1) is 16.9. The van der Waals surface area contributed by atoms with Gasteiger partial charge in [0.05, 0.1) is 24.1 Å². The van der Waals surface area contributed by atoms with Gasteiger partial charge in [-0.15, -0.1) is 0 Å². The molecule has 0 saturated heterocycles. The normalized spacial score (nSPS) is 17.8. The quantitative estimate of drug-likeness (QED) is 0.217. The standard InChI is InChI=1S/C30H49NO4/c1-4-5-6-7-8-9-10-11-12-13-14-17-20-35-28-24(3)21-23(2)22-27(28)31-29(32)25-18-15-16-19-26(25)30(33)34/h21-22,25-26H,4-20H2,1-3H3,(H,31,32)(H,33,34). The van der Waals surface area contributed by atoms with Crippen LogP contribution >= 0.6 is 0 Å². The fraction of sp³-hybridized carbons (Fsp3) is 0.733. The minimum absolute atomic E-state index is 0.197. The summed E-state index contributed by atoms with van der Waals surface area (Å²) in [5.41, 5.74) is 2.72. The third-order valence-electron chi connectivity index (χ3n) is 7.34. The summed E-state index contributed by atoms with van der Waals surface area (Å²) in [6.07, 6.45) is 18.6. The smallest absolute Gasteiger partial charge is 0.307 e. The number of ether oxygens (including phenoxy) is 1. The van der Waals surface area contributed by atoms with Gasteiger partial charge in [-0.05, 0) is 50.3 Å². The molecule has 5 heteroatoms. The molecule has 0 bridgehead atoms. The highest BCUT2D eigenvalue weighted by atomic mass is 16.5. The number of amides is 1. The number of rotatable bonds is 17. The second kappa shape index (κ2) is 16.6. The molecule has 0 radical (unpaired) electrons. The summed E-state index contributed by atoms with van der Waals surface area (Å²) in [4.78, 5) is 24.7. The molecule has 1 aliphatic carbocycles. The van der Waals surface area contributed by atoms with Crippen LogP contribution in [0, 0.1) is 25.7 Å². The largest absolute Gasteiger partial charge is 0.491 e. The van der Waals surface area contributed by atoms with Gasteiger partial charge in [0.15, 0.2) is 0 Å². The van der Waals surface area contributed by atoms with Crippen molar-refractivity contribution >= 4 is 17.6 Å². The van der Waals surface area contributed by atoms with Crippen molar-refractivity contribution in [1.29, 1.82) is 0 Å². The monoisotopic (exact) mass is 487 g/mol. The number of hydrogen-bond donors (Lipinski definition) is 2. The van der Waals surface area contributed by atoms with Crippen molar-refractivity contribution < 1.29 is 19.4 Å². The fourth-order valence-corrected chi connectivity index (χ4v) is 5.32. The van der Waals surface area contributed by atoms with Crippen LogP contribution in [0.3, 0.4) is 0 Å². The van der Waals surface area contributed by atoms with Crippen LogP contribution in [-0.4, -0.2) is 23.6 Å². The number of anilines is 1. The van der Waals surface area contributed by atoms with Gasteiger partial charge < -0.3 is 15.2 Å². The Kier molecular flexibility index (Phi) is 13.8. The van der Waals surface area contributed by atoms with Gasteiger partial charge in [-0.1, -0.05) is 96.5 Å². The van der Waals surface area contributed by atoms with Crippen molar-refractivity contribution in [3.8, 4) is 5.75 Å². The molecule has 0 heterocycles. The molecule has 1 aliphatic rings. The summed E-state index contributed by atoms with van der Waals surface area (Å²) in [5.74, 6) is -1.42. The predicted molar refractivity (Wildman–Crippen MR) is 144 cm³/mol. The van der Waals surface area contributed by atoms with E-state index in [4.69, 9.17) is 4.74 Å². The van der Waals surface area contributed by atoms with Crippen LogP contribution in [0.25, 0.3) is 0 Å². The van der Waals surface area contributed by atoms with E-state index in [2.05, 4.69) is 18.3 Å². The summed E-state index contributed by atoms with van der Waals surface area (Å²) < 4.78 is 6.15. The molecule has 35 heavy (non-hydrogen) atoms. The number of hydrogen-bond acceptors (Lipinski definition) is 3. The number of benzene rings is 1. The van der Waals surface area contributed by atoms with Crippen LogP contribution in [0.1, 0.15) is 121 Å². The molecule has 0 spiro atoms. The van der Waals surface area contributed by atoms with Gasteiger partial charge in [-0.2, -0.15) is 0 Å². The van der Waals surface area contributed by atoms with Crippen molar-refractivity contribution in [1.82, 2.24) is 0 Å². The highest BCUT2D eigenvalue weighted by Gasteiger charge is 2.36. The minimum Gasteiger partial charge on any atom is -0.491 e. The lowest BCUT2D eigenvalue weighted by Gasteiger charge is -2.28. The zero-order valence-electron chi connectivity index (χ0n) is 22.5.